The average Bonchev–Trinajstić information content (AvgIpc) is 3.03. The molecular formula is C17H23N5O3. The van der Waals surface area contributed by atoms with E-state index in [0.29, 0.717) is 36.2 Å². The molecule has 1 atom stereocenters. The van der Waals surface area contributed by atoms with E-state index in [1.807, 2.05) is 32.2 Å². The van der Waals surface area contributed by atoms with Gasteiger partial charge in [0.25, 0.3) is 0 Å². The van der Waals surface area contributed by atoms with Crippen LogP contribution < -0.4 is 10.1 Å². The topological polar surface area (TPSA) is 83.7 Å². The number of aromatic nitrogens is 2. The van der Waals surface area contributed by atoms with E-state index in [-0.39, 0.29) is 12.1 Å². The molecule has 1 aliphatic rings. The highest BCUT2D eigenvalue weighted by molar-refractivity contribution is 5.92. The minimum Gasteiger partial charge on any atom is -0.495 e. The van der Waals surface area contributed by atoms with E-state index in [4.69, 9.17) is 9.26 Å². The highest BCUT2D eigenvalue weighted by Crippen LogP contribution is 2.29. The summed E-state index contributed by atoms with van der Waals surface area (Å²) < 4.78 is 10.6. The maximum atomic E-state index is 12.8. The number of carbonyl (C=O) groups is 1. The fraction of sp³-hybridized carbons (Fsp3) is 0.471. The monoisotopic (exact) mass is 345 g/mol. The number of rotatable bonds is 3. The summed E-state index contributed by atoms with van der Waals surface area (Å²) in [5, 5.41) is 6.82. The van der Waals surface area contributed by atoms with Crippen molar-refractivity contribution in [1.29, 1.82) is 0 Å². The zero-order valence-electron chi connectivity index (χ0n) is 14.9. The smallest absolute Gasteiger partial charge is 0.322 e. The third kappa shape index (κ3) is 3.58. The summed E-state index contributed by atoms with van der Waals surface area (Å²) in [6.45, 7) is 5.56. The lowest BCUT2D eigenvalue weighted by Gasteiger charge is -2.37. The van der Waals surface area contributed by atoms with Crippen LogP contribution in [-0.4, -0.2) is 59.8 Å². The first-order valence-corrected chi connectivity index (χ1v) is 8.19. The van der Waals surface area contributed by atoms with Crippen molar-refractivity contribution in [3.8, 4) is 5.75 Å². The van der Waals surface area contributed by atoms with Crippen molar-refractivity contribution in [3.63, 3.8) is 0 Å². The molecule has 8 nitrogen and oxygen atoms in total. The third-order valence-corrected chi connectivity index (χ3v) is 4.45. The van der Waals surface area contributed by atoms with E-state index in [1.165, 1.54) is 0 Å². The molecule has 2 amide bonds. The molecule has 2 aromatic rings. The minimum absolute atomic E-state index is 0.112. The SMILES string of the molecule is COc1cccc(C)c1NC(=O)N1CCN(C)C(c2nc(C)no2)C1. The molecule has 2 heterocycles. The Kier molecular flexibility index (Phi) is 4.89. The van der Waals surface area contributed by atoms with Crippen molar-refractivity contribution >= 4 is 11.7 Å². The van der Waals surface area contributed by atoms with Crippen LogP contribution >= 0.6 is 0 Å². The molecule has 1 fully saturated rings. The molecule has 134 valence electrons. The summed E-state index contributed by atoms with van der Waals surface area (Å²) >= 11 is 0. The molecule has 1 unspecified atom stereocenters. The molecule has 1 N–H and O–H groups in total. The van der Waals surface area contributed by atoms with Crippen LogP contribution in [0.2, 0.25) is 0 Å². The van der Waals surface area contributed by atoms with E-state index in [9.17, 15) is 4.79 Å². The molecule has 0 aliphatic carbocycles. The molecule has 8 heteroatoms. The van der Waals surface area contributed by atoms with Crippen LogP contribution in [0.3, 0.4) is 0 Å². The third-order valence-electron chi connectivity index (χ3n) is 4.45. The average molecular weight is 345 g/mol. The Morgan fingerprint density at radius 1 is 1.36 bits per heavy atom. The second-order valence-electron chi connectivity index (χ2n) is 6.20. The molecule has 0 saturated carbocycles. The number of likely N-dealkylation sites (N-methyl/N-ethyl adjacent to an activating group) is 1. The van der Waals surface area contributed by atoms with Gasteiger partial charge in [-0.05, 0) is 32.5 Å². The van der Waals surface area contributed by atoms with Gasteiger partial charge in [0.2, 0.25) is 5.89 Å². The van der Waals surface area contributed by atoms with E-state index in [2.05, 4.69) is 20.4 Å². The van der Waals surface area contributed by atoms with Gasteiger partial charge in [-0.2, -0.15) is 4.98 Å². The molecule has 1 aromatic heterocycles. The summed E-state index contributed by atoms with van der Waals surface area (Å²) in [6, 6.07) is 5.39. The first-order chi connectivity index (χ1) is 12.0. The van der Waals surface area contributed by atoms with Crippen LogP contribution in [0.4, 0.5) is 10.5 Å². The van der Waals surface area contributed by atoms with E-state index in [1.54, 1.807) is 18.9 Å². The maximum absolute atomic E-state index is 12.8. The molecular weight excluding hydrogens is 322 g/mol. The van der Waals surface area contributed by atoms with Gasteiger partial charge in [-0.15, -0.1) is 0 Å². The summed E-state index contributed by atoms with van der Waals surface area (Å²) in [5.41, 5.74) is 1.64. The quantitative estimate of drug-likeness (QED) is 0.918. The van der Waals surface area contributed by atoms with Gasteiger partial charge < -0.3 is 19.5 Å². The lowest BCUT2D eigenvalue weighted by Crippen LogP contribution is -2.50. The summed E-state index contributed by atoms with van der Waals surface area (Å²) in [5.74, 6) is 1.77. The fourth-order valence-corrected chi connectivity index (χ4v) is 2.93. The van der Waals surface area contributed by atoms with Gasteiger partial charge in [0.1, 0.15) is 11.8 Å². The number of nitrogens with zero attached hydrogens (tertiary/aromatic N) is 4. The zero-order valence-corrected chi connectivity index (χ0v) is 14.9. The van der Waals surface area contributed by atoms with Crippen LogP contribution in [0.15, 0.2) is 22.7 Å². The van der Waals surface area contributed by atoms with Gasteiger partial charge in [-0.25, -0.2) is 4.79 Å². The number of urea groups is 1. The Hall–Kier alpha value is -2.61. The Morgan fingerprint density at radius 3 is 2.84 bits per heavy atom. The van der Waals surface area contributed by atoms with Gasteiger partial charge >= 0.3 is 6.03 Å². The first kappa shape index (κ1) is 17.2. The standard InChI is InChI=1S/C17H23N5O3/c1-11-6-5-7-14(24-4)15(11)19-17(23)22-9-8-21(3)13(10-22)16-18-12(2)20-25-16/h5-7,13H,8-10H2,1-4H3,(H,19,23). The van der Waals surface area contributed by atoms with Crippen molar-refractivity contribution in [2.24, 2.45) is 0 Å². The van der Waals surface area contributed by atoms with Crippen LogP contribution in [-0.2, 0) is 0 Å². The Balaban J connectivity index is 1.75. The summed E-state index contributed by atoms with van der Waals surface area (Å²) in [6.07, 6.45) is 0. The molecule has 1 aliphatic heterocycles. The molecule has 1 saturated heterocycles. The number of amides is 2. The van der Waals surface area contributed by atoms with Crippen LogP contribution in [0.25, 0.3) is 0 Å². The number of ether oxygens (including phenoxy) is 1. The Bertz CT molecular complexity index is 760. The van der Waals surface area contributed by atoms with Crippen molar-refractivity contribution in [2.75, 3.05) is 39.1 Å². The van der Waals surface area contributed by atoms with Crippen molar-refractivity contribution < 1.29 is 14.1 Å². The molecule has 25 heavy (non-hydrogen) atoms. The number of hydrogen-bond acceptors (Lipinski definition) is 6. The van der Waals surface area contributed by atoms with Crippen LogP contribution in [0.1, 0.15) is 23.3 Å². The van der Waals surface area contributed by atoms with Gasteiger partial charge in [0.05, 0.1) is 12.8 Å². The molecule has 0 spiro atoms. The van der Waals surface area contributed by atoms with Crippen molar-refractivity contribution in [1.82, 2.24) is 19.9 Å². The van der Waals surface area contributed by atoms with Gasteiger partial charge in [0, 0.05) is 19.6 Å². The predicted molar refractivity (Wildman–Crippen MR) is 92.7 cm³/mol. The van der Waals surface area contributed by atoms with Crippen molar-refractivity contribution in [2.45, 2.75) is 19.9 Å². The van der Waals surface area contributed by atoms with Gasteiger partial charge in [-0.1, -0.05) is 17.3 Å². The number of carbonyl (C=O) groups excluding carboxylic acids is 1. The second kappa shape index (κ2) is 7.10. The Morgan fingerprint density at radius 2 is 2.16 bits per heavy atom. The summed E-state index contributed by atoms with van der Waals surface area (Å²) in [7, 11) is 3.58. The first-order valence-electron chi connectivity index (χ1n) is 8.19. The Labute approximate surface area is 146 Å². The number of piperazine rings is 1. The molecule has 1 aromatic carbocycles. The van der Waals surface area contributed by atoms with E-state index in [0.717, 1.165) is 12.1 Å². The number of aryl methyl sites for hydroxylation is 2. The number of nitrogens with one attached hydrogen (secondary N) is 1. The molecule has 3 rings (SSSR count). The normalized spacial score (nSPS) is 18.2. The lowest BCUT2D eigenvalue weighted by atomic mass is 10.1. The predicted octanol–water partition coefficient (Wildman–Crippen LogP) is 2.22. The number of hydrogen-bond donors (Lipinski definition) is 1. The number of methoxy groups -OCH3 is 1. The van der Waals surface area contributed by atoms with Crippen LogP contribution in [0, 0.1) is 13.8 Å². The summed E-state index contributed by atoms with van der Waals surface area (Å²) in [4.78, 5) is 20.9. The highest BCUT2D eigenvalue weighted by Gasteiger charge is 2.32. The zero-order chi connectivity index (χ0) is 18.0. The molecule has 0 bridgehead atoms. The largest absolute Gasteiger partial charge is 0.495 e. The lowest BCUT2D eigenvalue weighted by molar-refractivity contribution is 0.0960. The fourth-order valence-electron chi connectivity index (χ4n) is 2.93. The van der Waals surface area contributed by atoms with E-state index >= 15 is 0 Å². The minimum atomic E-state index is -0.165. The molecule has 0 radical (unpaired) electrons. The number of para-hydroxylation sites is 1. The van der Waals surface area contributed by atoms with Crippen molar-refractivity contribution in [3.05, 3.63) is 35.5 Å². The highest BCUT2D eigenvalue weighted by atomic mass is 16.5. The van der Waals surface area contributed by atoms with Gasteiger partial charge in [-0.3, -0.25) is 4.90 Å². The van der Waals surface area contributed by atoms with E-state index < -0.39 is 0 Å². The maximum Gasteiger partial charge on any atom is 0.322 e. The number of benzene rings is 1. The second-order valence-corrected chi connectivity index (χ2v) is 6.20. The van der Waals surface area contributed by atoms with Crippen LogP contribution in [0.5, 0.6) is 5.75 Å². The number of anilines is 1. The van der Waals surface area contributed by atoms with Gasteiger partial charge in [0.15, 0.2) is 5.82 Å².